The van der Waals surface area contributed by atoms with Gasteiger partial charge in [-0.05, 0) is 30.2 Å². The van der Waals surface area contributed by atoms with E-state index in [1.54, 1.807) is 42.5 Å². The maximum Gasteiger partial charge on any atom is 0.337 e. The molecule has 0 fully saturated rings. The van der Waals surface area contributed by atoms with Gasteiger partial charge in [0.25, 0.3) is 10.0 Å². The van der Waals surface area contributed by atoms with Gasteiger partial charge in [-0.2, -0.15) is 13.4 Å². The fourth-order valence-corrected chi connectivity index (χ4v) is 3.69. The third-order valence-electron chi connectivity index (χ3n) is 3.46. The second-order valence-electron chi connectivity index (χ2n) is 6.09. The molecule has 3 rings (SSSR count). The van der Waals surface area contributed by atoms with Crippen molar-refractivity contribution in [1.29, 1.82) is 0 Å². The number of hydrogen-bond acceptors (Lipinski definition) is 5. The molecule has 0 bridgehead atoms. The van der Waals surface area contributed by atoms with Gasteiger partial charge in [-0.3, -0.25) is 0 Å². The molecular formula is C18H18ClN3O3S. The lowest BCUT2D eigenvalue weighted by Gasteiger charge is -2.07. The van der Waals surface area contributed by atoms with Crippen molar-refractivity contribution in [2.75, 3.05) is 6.61 Å². The number of hydrogen-bond donors (Lipinski definition) is 0. The Bertz CT molecular complexity index is 1000. The summed E-state index contributed by atoms with van der Waals surface area (Å²) >= 11 is 6.05. The molecule has 1 aromatic heterocycles. The standard InChI is InChI=1S/C18H18ClN3O3S/c1-13(2)12-25-18-20-17(14-7-6-8-15(19)11-14)22(21-18)26(23,24)16-9-4-3-5-10-16/h3-11,13H,12H2,1-2H3. The van der Waals surface area contributed by atoms with E-state index in [0.717, 1.165) is 4.09 Å². The van der Waals surface area contributed by atoms with E-state index in [-0.39, 0.29) is 22.6 Å². The zero-order valence-electron chi connectivity index (χ0n) is 14.3. The van der Waals surface area contributed by atoms with Gasteiger partial charge in [-0.1, -0.05) is 60.9 Å². The summed E-state index contributed by atoms with van der Waals surface area (Å²) in [6, 6.07) is 14.9. The maximum absolute atomic E-state index is 13.0. The first-order valence-corrected chi connectivity index (χ1v) is 9.86. The minimum atomic E-state index is -3.93. The molecule has 0 aliphatic heterocycles. The van der Waals surface area contributed by atoms with Gasteiger partial charge in [0.1, 0.15) is 0 Å². The lowest BCUT2D eigenvalue weighted by molar-refractivity contribution is 0.251. The fraction of sp³-hybridized carbons (Fsp3) is 0.222. The zero-order valence-corrected chi connectivity index (χ0v) is 15.9. The van der Waals surface area contributed by atoms with Crippen LogP contribution < -0.4 is 4.74 Å². The zero-order chi connectivity index (χ0) is 18.7. The quantitative estimate of drug-likeness (QED) is 0.637. The van der Waals surface area contributed by atoms with Crippen LogP contribution in [-0.2, 0) is 10.0 Å². The van der Waals surface area contributed by atoms with Crippen molar-refractivity contribution in [3.05, 3.63) is 59.6 Å². The van der Waals surface area contributed by atoms with Crippen LogP contribution in [0.25, 0.3) is 11.4 Å². The Labute approximate surface area is 157 Å². The molecule has 0 radical (unpaired) electrons. The van der Waals surface area contributed by atoms with Gasteiger partial charge in [0.05, 0.1) is 11.5 Å². The number of halogens is 1. The van der Waals surface area contributed by atoms with Crippen LogP contribution in [0.15, 0.2) is 59.5 Å². The molecule has 0 atom stereocenters. The molecule has 3 aromatic rings. The Hall–Kier alpha value is -2.38. The van der Waals surface area contributed by atoms with Crippen LogP contribution in [0.3, 0.4) is 0 Å². The molecule has 26 heavy (non-hydrogen) atoms. The van der Waals surface area contributed by atoms with Crippen LogP contribution in [-0.4, -0.2) is 29.2 Å². The van der Waals surface area contributed by atoms with Crippen molar-refractivity contribution in [3.8, 4) is 17.4 Å². The molecule has 0 amide bonds. The Morgan fingerprint density at radius 1 is 1.12 bits per heavy atom. The summed E-state index contributed by atoms with van der Waals surface area (Å²) in [6.07, 6.45) is 0. The van der Waals surface area contributed by atoms with Gasteiger partial charge in [0, 0.05) is 10.6 Å². The van der Waals surface area contributed by atoms with Crippen LogP contribution in [0.1, 0.15) is 13.8 Å². The molecule has 0 saturated carbocycles. The Morgan fingerprint density at radius 3 is 2.50 bits per heavy atom. The predicted molar refractivity (Wildman–Crippen MR) is 99.8 cm³/mol. The molecule has 0 saturated heterocycles. The largest absolute Gasteiger partial charge is 0.462 e. The summed E-state index contributed by atoms with van der Waals surface area (Å²) in [5, 5.41) is 4.56. The minimum absolute atomic E-state index is 0.00758. The van der Waals surface area contributed by atoms with E-state index in [1.807, 2.05) is 13.8 Å². The number of benzene rings is 2. The van der Waals surface area contributed by atoms with Crippen LogP contribution in [0.4, 0.5) is 0 Å². The van der Waals surface area contributed by atoms with Crippen LogP contribution in [0.5, 0.6) is 6.01 Å². The van der Waals surface area contributed by atoms with Crippen LogP contribution in [0.2, 0.25) is 5.02 Å². The van der Waals surface area contributed by atoms with Crippen molar-refractivity contribution in [1.82, 2.24) is 14.2 Å². The van der Waals surface area contributed by atoms with Crippen molar-refractivity contribution in [3.63, 3.8) is 0 Å². The molecule has 0 aliphatic rings. The monoisotopic (exact) mass is 391 g/mol. The summed E-state index contributed by atoms with van der Waals surface area (Å²) < 4.78 is 32.5. The van der Waals surface area contributed by atoms with Gasteiger partial charge in [-0.15, -0.1) is 4.09 Å². The second kappa shape index (κ2) is 7.47. The highest BCUT2D eigenvalue weighted by atomic mass is 35.5. The summed E-state index contributed by atoms with van der Waals surface area (Å²) in [4.78, 5) is 4.39. The topological polar surface area (TPSA) is 74.1 Å². The lowest BCUT2D eigenvalue weighted by Crippen LogP contribution is -2.16. The molecular weight excluding hydrogens is 374 g/mol. The molecule has 136 valence electrons. The van der Waals surface area contributed by atoms with Gasteiger partial charge in [0.15, 0.2) is 5.82 Å². The minimum Gasteiger partial charge on any atom is -0.462 e. The van der Waals surface area contributed by atoms with Crippen molar-refractivity contribution in [2.45, 2.75) is 18.7 Å². The predicted octanol–water partition coefficient (Wildman–Crippen LogP) is 3.87. The molecule has 0 spiro atoms. The molecule has 6 nitrogen and oxygen atoms in total. The molecule has 0 N–H and O–H groups in total. The number of rotatable bonds is 6. The van der Waals surface area contributed by atoms with E-state index < -0.39 is 10.0 Å². The van der Waals surface area contributed by atoms with E-state index in [0.29, 0.717) is 17.2 Å². The average molecular weight is 392 g/mol. The SMILES string of the molecule is CC(C)COc1nc(-c2cccc(Cl)c2)n(S(=O)(=O)c2ccccc2)n1. The first kappa shape index (κ1) is 18.4. The second-order valence-corrected chi connectivity index (χ2v) is 8.30. The first-order valence-electron chi connectivity index (χ1n) is 8.04. The van der Waals surface area contributed by atoms with E-state index in [9.17, 15) is 8.42 Å². The summed E-state index contributed by atoms with van der Waals surface area (Å²) in [5.41, 5.74) is 0.531. The van der Waals surface area contributed by atoms with Crippen molar-refractivity contribution < 1.29 is 13.2 Å². The highest BCUT2D eigenvalue weighted by Gasteiger charge is 2.25. The summed E-state index contributed by atoms with van der Waals surface area (Å²) in [7, 11) is -3.93. The van der Waals surface area contributed by atoms with Gasteiger partial charge in [-0.25, -0.2) is 0 Å². The van der Waals surface area contributed by atoms with E-state index in [1.165, 1.54) is 12.1 Å². The average Bonchev–Trinajstić information content (AvgIpc) is 3.06. The van der Waals surface area contributed by atoms with Gasteiger partial charge >= 0.3 is 6.01 Å². The summed E-state index contributed by atoms with van der Waals surface area (Å²) in [5.74, 6) is 0.400. The molecule has 2 aromatic carbocycles. The number of ether oxygens (including phenoxy) is 1. The summed E-state index contributed by atoms with van der Waals surface area (Å²) in [6.45, 7) is 4.34. The van der Waals surface area contributed by atoms with Crippen LogP contribution >= 0.6 is 11.6 Å². The normalized spacial score (nSPS) is 11.7. The third kappa shape index (κ3) is 3.89. The maximum atomic E-state index is 13.0. The first-order chi connectivity index (χ1) is 12.4. The third-order valence-corrected chi connectivity index (χ3v) is 5.27. The molecule has 8 heteroatoms. The Morgan fingerprint density at radius 2 is 1.85 bits per heavy atom. The number of aromatic nitrogens is 3. The fourth-order valence-electron chi connectivity index (χ4n) is 2.25. The lowest BCUT2D eigenvalue weighted by atomic mass is 10.2. The Balaban J connectivity index is 2.13. The smallest absolute Gasteiger partial charge is 0.337 e. The van der Waals surface area contributed by atoms with Crippen LogP contribution in [0, 0.1) is 5.92 Å². The van der Waals surface area contributed by atoms with E-state index in [2.05, 4.69) is 10.1 Å². The Kier molecular flexibility index (Phi) is 5.29. The molecule has 1 heterocycles. The van der Waals surface area contributed by atoms with Crippen molar-refractivity contribution in [2.24, 2.45) is 5.92 Å². The van der Waals surface area contributed by atoms with E-state index >= 15 is 0 Å². The number of nitrogens with zero attached hydrogens (tertiary/aromatic N) is 3. The highest BCUT2D eigenvalue weighted by molar-refractivity contribution is 7.90. The van der Waals surface area contributed by atoms with Gasteiger partial charge in [0.2, 0.25) is 0 Å². The van der Waals surface area contributed by atoms with Gasteiger partial charge < -0.3 is 4.74 Å². The highest BCUT2D eigenvalue weighted by Crippen LogP contribution is 2.26. The molecule has 0 aliphatic carbocycles. The molecule has 0 unspecified atom stereocenters. The van der Waals surface area contributed by atoms with Crippen molar-refractivity contribution >= 4 is 21.6 Å². The van der Waals surface area contributed by atoms with E-state index in [4.69, 9.17) is 16.3 Å².